The van der Waals surface area contributed by atoms with Crippen molar-refractivity contribution in [3.63, 3.8) is 0 Å². The van der Waals surface area contributed by atoms with Crippen molar-refractivity contribution in [3.8, 4) is 0 Å². The molecule has 2 heteroatoms. The minimum Gasteiger partial charge on any atom is -0.317 e. The number of hydrogen-bond acceptors (Lipinski definition) is 0. The first-order chi connectivity index (χ1) is 9.88. The van der Waals surface area contributed by atoms with Crippen LogP contribution in [0, 0.1) is 0 Å². The minimum atomic E-state index is 0.483. The van der Waals surface area contributed by atoms with E-state index in [2.05, 4.69) is 53.6 Å². The third-order valence-corrected chi connectivity index (χ3v) is 6.71. The Morgan fingerprint density at radius 3 is 2.50 bits per heavy atom. The van der Waals surface area contributed by atoms with Crippen molar-refractivity contribution in [2.24, 2.45) is 0 Å². The van der Waals surface area contributed by atoms with E-state index < -0.39 is 0 Å². The lowest BCUT2D eigenvalue weighted by Gasteiger charge is -2.02. The lowest BCUT2D eigenvalue weighted by atomic mass is 10.1. The van der Waals surface area contributed by atoms with E-state index in [1.54, 1.807) is 4.90 Å². The maximum absolute atomic E-state index is 3.97. The number of aromatic nitrogens is 1. The minimum absolute atomic E-state index is 0.483. The molecule has 1 aliphatic rings. The molecule has 20 heavy (non-hydrogen) atoms. The highest BCUT2D eigenvalue weighted by atomic mass is 32.2. The molecule has 1 nitrogen and oxygen atoms in total. The quantitative estimate of drug-likeness (QED) is 0.601. The second-order valence-electron chi connectivity index (χ2n) is 5.36. The van der Waals surface area contributed by atoms with E-state index in [-0.39, 0.29) is 0 Å². The van der Waals surface area contributed by atoms with Crippen LogP contribution >= 0.6 is 0 Å². The van der Waals surface area contributed by atoms with Gasteiger partial charge in [0.25, 0.3) is 0 Å². The van der Waals surface area contributed by atoms with Crippen LogP contribution in [-0.2, 0) is 10.9 Å². The van der Waals surface area contributed by atoms with Crippen molar-refractivity contribution in [2.45, 2.75) is 17.7 Å². The molecule has 1 aliphatic heterocycles. The van der Waals surface area contributed by atoms with Crippen molar-refractivity contribution in [1.29, 1.82) is 0 Å². The number of hydrogen-bond donors (Lipinski definition) is 0. The molecule has 1 aromatic heterocycles. The van der Waals surface area contributed by atoms with Crippen LogP contribution in [0.1, 0.15) is 12.8 Å². The van der Waals surface area contributed by atoms with E-state index in [0.717, 1.165) is 0 Å². The van der Waals surface area contributed by atoms with Gasteiger partial charge < -0.3 is 4.57 Å². The third kappa shape index (κ3) is 1.71. The second-order valence-corrected chi connectivity index (χ2v) is 7.63. The van der Waals surface area contributed by atoms with Crippen molar-refractivity contribution < 1.29 is 0 Å². The van der Waals surface area contributed by atoms with E-state index in [0.29, 0.717) is 10.9 Å². The third-order valence-electron chi connectivity index (χ3n) is 4.23. The topological polar surface area (TPSA) is 4.93 Å². The zero-order chi connectivity index (χ0) is 13.5. The first kappa shape index (κ1) is 12.1. The van der Waals surface area contributed by atoms with Gasteiger partial charge in [0.15, 0.2) is 4.90 Å². The Morgan fingerprint density at radius 2 is 1.70 bits per heavy atom. The average molecular weight is 280 g/mol. The molecule has 0 N–H and O–H groups in total. The van der Waals surface area contributed by atoms with Gasteiger partial charge in [0, 0.05) is 33.9 Å². The highest BCUT2D eigenvalue weighted by Gasteiger charge is 2.27. The van der Waals surface area contributed by atoms with Crippen molar-refractivity contribution in [3.05, 3.63) is 49.0 Å². The molecule has 1 fully saturated rings. The van der Waals surface area contributed by atoms with E-state index in [9.17, 15) is 0 Å². The Kier molecular flexibility index (Phi) is 2.85. The molecule has 3 aromatic rings. The molecule has 0 spiro atoms. The Balaban J connectivity index is 2.01. The Morgan fingerprint density at radius 1 is 0.950 bits per heavy atom. The summed E-state index contributed by atoms with van der Waals surface area (Å²) in [5.41, 5.74) is 2.53. The zero-order valence-electron chi connectivity index (χ0n) is 11.5. The fourth-order valence-electron chi connectivity index (χ4n) is 3.25. The molecular formula is C18H18NS+. The van der Waals surface area contributed by atoms with Gasteiger partial charge in [-0.1, -0.05) is 24.8 Å². The van der Waals surface area contributed by atoms with E-state index >= 15 is 0 Å². The maximum Gasteiger partial charge on any atom is 0.155 e. The van der Waals surface area contributed by atoms with Gasteiger partial charge in [-0.05, 0) is 31.0 Å². The summed E-state index contributed by atoms with van der Waals surface area (Å²) in [4.78, 5) is 1.54. The molecule has 2 aromatic carbocycles. The first-order valence-corrected chi connectivity index (χ1v) is 8.77. The molecule has 4 rings (SSSR count). The summed E-state index contributed by atoms with van der Waals surface area (Å²) < 4.78 is 2.20. The summed E-state index contributed by atoms with van der Waals surface area (Å²) in [5, 5.41) is 2.71. The van der Waals surface area contributed by atoms with Crippen LogP contribution in [0.25, 0.3) is 28.0 Å². The van der Waals surface area contributed by atoms with E-state index in [1.807, 2.05) is 6.20 Å². The van der Waals surface area contributed by atoms with Gasteiger partial charge >= 0.3 is 0 Å². The summed E-state index contributed by atoms with van der Waals surface area (Å²) in [6.45, 7) is 3.97. The summed E-state index contributed by atoms with van der Waals surface area (Å²) in [6, 6.07) is 15.6. The smallest absolute Gasteiger partial charge is 0.155 e. The number of nitrogens with zero attached hydrogens (tertiary/aromatic N) is 1. The van der Waals surface area contributed by atoms with Gasteiger partial charge in [0.1, 0.15) is 11.5 Å². The maximum atomic E-state index is 3.97. The summed E-state index contributed by atoms with van der Waals surface area (Å²) >= 11 is 0. The summed E-state index contributed by atoms with van der Waals surface area (Å²) in [7, 11) is 0.483. The number of para-hydroxylation sites is 1. The van der Waals surface area contributed by atoms with Crippen molar-refractivity contribution in [1.82, 2.24) is 4.57 Å². The fourth-order valence-corrected chi connectivity index (χ4v) is 5.57. The van der Waals surface area contributed by atoms with E-state index in [4.69, 9.17) is 0 Å². The van der Waals surface area contributed by atoms with Crippen LogP contribution in [0.4, 0.5) is 0 Å². The molecule has 0 atom stereocenters. The van der Waals surface area contributed by atoms with Gasteiger partial charge in [-0.15, -0.1) is 0 Å². The van der Waals surface area contributed by atoms with Gasteiger partial charge in [0.2, 0.25) is 0 Å². The molecule has 0 radical (unpaired) electrons. The van der Waals surface area contributed by atoms with Gasteiger partial charge in [-0.2, -0.15) is 0 Å². The van der Waals surface area contributed by atoms with Crippen LogP contribution in [0.3, 0.4) is 0 Å². The molecule has 0 amide bonds. The van der Waals surface area contributed by atoms with Gasteiger partial charge in [0.05, 0.1) is 11.0 Å². The number of benzene rings is 2. The Labute approximate surface area is 122 Å². The predicted molar refractivity (Wildman–Crippen MR) is 90.4 cm³/mol. The van der Waals surface area contributed by atoms with Crippen molar-refractivity contribution in [2.75, 3.05) is 11.5 Å². The highest BCUT2D eigenvalue weighted by Crippen LogP contribution is 2.32. The molecule has 0 saturated carbocycles. The molecule has 100 valence electrons. The monoisotopic (exact) mass is 280 g/mol. The molecule has 0 bridgehead atoms. The highest BCUT2D eigenvalue weighted by molar-refractivity contribution is 7.97. The van der Waals surface area contributed by atoms with Gasteiger partial charge in [-0.25, -0.2) is 0 Å². The molecule has 0 aliphatic carbocycles. The van der Waals surface area contributed by atoms with Crippen LogP contribution in [0.15, 0.2) is 53.9 Å². The van der Waals surface area contributed by atoms with Crippen LogP contribution in [0.5, 0.6) is 0 Å². The fraction of sp³-hybridized carbons (Fsp3) is 0.222. The summed E-state index contributed by atoms with van der Waals surface area (Å²) in [5.74, 6) is 2.76. The largest absolute Gasteiger partial charge is 0.317 e. The number of rotatable bonds is 2. The predicted octanol–water partition coefficient (Wildman–Crippen LogP) is 4.67. The molecular weight excluding hydrogens is 262 g/mol. The first-order valence-electron chi connectivity index (χ1n) is 7.21. The van der Waals surface area contributed by atoms with Crippen LogP contribution < -0.4 is 0 Å². The average Bonchev–Trinajstić information content (AvgIpc) is 3.12. The standard InChI is InChI=1S/C18H18NS/c1-2-19-17-8-4-3-7-15(17)16-13-14(9-10-18(16)19)20-11-5-6-12-20/h2-4,7-10,13H,1,5-6,11-12H2/q+1. The van der Waals surface area contributed by atoms with Crippen molar-refractivity contribution >= 4 is 38.9 Å². The Hall–Kier alpha value is -1.67. The van der Waals surface area contributed by atoms with Gasteiger partial charge in [-0.3, -0.25) is 0 Å². The molecule has 1 saturated heterocycles. The SMILES string of the molecule is C=Cn1c2ccccc2c2cc([S+]3CCCC3)ccc21. The zero-order valence-corrected chi connectivity index (χ0v) is 12.3. The van der Waals surface area contributed by atoms with E-state index in [1.165, 1.54) is 46.2 Å². The molecule has 2 heterocycles. The van der Waals surface area contributed by atoms with Crippen LogP contribution in [-0.4, -0.2) is 16.1 Å². The lowest BCUT2D eigenvalue weighted by molar-refractivity contribution is 0.949. The Bertz CT molecular complexity index is 794. The molecule has 0 unspecified atom stereocenters. The summed E-state index contributed by atoms with van der Waals surface area (Å²) in [6.07, 6.45) is 4.72. The lowest BCUT2D eigenvalue weighted by Crippen LogP contribution is -2.03. The number of fused-ring (bicyclic) bond motifs is 3. The van der Waals surface area contributed by atoms with Crippen LogP contribution in [0.2, 0.25) is 0 Å². The normalized spacial score (nSPS) is 16.2. The second kappa shape index (κ2) is 4.71.